The predicted octanol–water partition coefficient (Wildman–Crippen LogP) is 5.34. The Bertz CT molecular complexity index is 1250. The standard InChI is InChI=1S/C26H27ClFN3O/c1-16-21(28)8-9-22(23(16)27)31-18(3)29-24(17(2)25(31)32)30-12-10-26(11-13-30)14-19-6-4-5-7-20(19)15-26/h4-9H,10-15H2,1-3H3. The summed E-state index contributed by atoms with van der Waals surface area (Å²) >= 11 is 6.39. The van der Waals surface area contributed by atoms with Gasteiger partial charge in [-0.3, -0.25) is 9.36 Å². The van der Waals surface area contributed by atoms with Crippen LogP contribution in [0.5, 0.6) is 0 Å². The lowest BCUT2D eigenvalue weighted by atomic mass is 9.76. The zero-order chi connectivity index (χ0) is 22.6. The Morgan fingerprint density at radius 2 is 1.59 bits per heavy atom. The van der Waals surface area contributed by atoms with Gasteiger partial charge in [0.05, 0.1) is 16.3 Å². The number of hydrogen-bond donors (Lipinski definition) is 0. The topological polar surface area (TPSA) is 38.1 Å². The Balaban J connectivity index is 1.43. The molecular weight excluding hydrogens is 425 g/mol. The Morgan fingerprint density at radius 1 is 0.969 bits per heavy atom. The molecular formula is C26H27ClFN3O. The maximum Gasteiger partial charge on any atom is 0.263 e. The highest BCUT2D eigenvalue weighted by Gasteiger charge is 2.40. The fourth-order valence-corrected chi connectivity index (χ4v) is 5.67. The van der Waals surface area contributed by atoms with Crippen LogP contribution in [0.1, 0.15) is 40.9 Å². The van der Waals surface area contributed by atoms with Crippen LogP contribution in [0, 0.1) is 32.0 Å². The Labute approximate surface area is 192 Å². The fraction of sp³-hybridized carbons (Fsp3) is 0.385. The van der Waals surface area contributed by atoms with Crippen LogP contribution in [0.4, 0.5) is 10.2 Å². The summed E-state index contributed by atoms with van der Waals surface area (Å²) in [6.45, 7) is 7.02. The van der Waals surface area contributed by atoms with Gasteiger partial charge in [-0.2, -0.15) is 0 Å². The van der Waals surface area contributed by atoms with Crippen LogP contribution in [-0.2, 0) is 12.8 Å². The van der Waals surface area contributed by atoms with E-state index in [1.807, 2.05) is 6.92 Å². The number of hydrogen-bond acceptors (Lipinski definition) is 3. The van der Waals surface area contributed by atoms with Crippen molar-refractivity contribution in [3.8, 4) is 5.69 Å². The second-order valence-electron chi connectivity index (χ2n) is 9.36. The molecule has 1 spiro atoms. The van der Waals surface area contributed by atoms with Gasteiger partial charge in [0.1, 0.15) is 17.5 Å². The minimum absolute atomic E-state index is 0.158. The molecule has 1 saturated heterocycles. The van der Waals surface area contributed by atoms with Crippen molar-refractivity contribution in [2.45, 2.75) is 46.5 Å². The van der Waals surface area contributed by atoms with Crippen molar-refractivity contribution < 1.29 is 4.39 Å². The zero-order valence-corrected chi connectivity index (χ0v) is 19.5. The van der Waals surface area contributed by atoms with Crippen LogP contribution in [0.2, 0.25) is 5.02 Å². The van der Waals surface area contributed by atoms with Crippen molar-refractivity contribution in [1.29, 1.82) is 0 Å². The summed E-state index contributed by atoms with van der Waals surface area (Å²) in [6.07, 6.45) is 4.47. The number of rotatable bonds is 2. The van der Waals surface area contributed by atoms with Crippen molar-refractivity contribution >= 4 is 17.4 Å². The van der Waals surface area contributed by atoms with Crippen LogP contribution in [0.3, 0.4) is 0 Å². The van der Waals surface area contributed by atoms with E-state index in [4.69, 9.17) is 16.6 Å². The van der Waals surface area contributed by atoms with Crippen molar-refractivity contribution in [1.82, 2.24) is 9.55 Å². The average Bonchev–Trinajstić information content (AvgIpc) is 3.14. The second-order valence-corrected chi connectivity index (χ2v) is 9.74. The quantitative estimate of drug-likeness (QED) is 0.528. The third kappa shape index (κ3) is 3.34. The van der Waals surface area contributed by atoms with Crippen LogP contribution in [0.15, 0.2) is 41.2 Å². The summed E-state index contributed by atoms with van der Waals surface area (Å²) in [5.41, 5.74) is 4.54. The highest BCUT2D eigenvalue weighted by atomic mass is 35.5. The van der Waals surface area contributed by atoms with Crippen LogP contribution >= 0.6 is 11.6 Å². The molecule has 1 aromatic heterocycles. The smallest absolute Gasteiger partial charge is 0.263 e. The third-order valence-corrected chi connectivity index (χ3v) is 7.84. The molecule has 1 fully saturated rings. The number of fused-ring (bicyclic) bond motifs is 1. The molecule has 0 N–H and O–H groups in total. The number of piperidine rings is 1. The molecule has 2 aliphatic rings. The molecule has 1 aliphatic carbocycles. The van der Waals surface area contributed by atoms with Gasteiger partial charge in [-0.15, -0.1) is 0 Å². The SMILES string of the molecule is Cc1c(F)ccc(-n2c(C)nc(N3CCC4(CC3)Cc3ccccc3C4)c(C)c2=O)c1Cl. The van der Waals surface area contributed by atoms with E-state index in [0.717, 1.165) is 44.6 Å². The van der Waals surface area contributed by atoms with Gasteiger partial charge >= 0.3 is 0 Å². The Morgan fingerprint density at radius 3 is 2.22 bits per heavy atom. The monoisotopic (exact) mass is 451 g/mol. The summed E-state index contributed by atoms with van der Waals surface area (Å²) in [5, 5.41) is 0.241. The van der Waals surface area contributed by atoms with Gasteiger partial charge in [-0.25, -0.2) is 9.37 Å². The van der Waals surface area contributed by atoms with Crippen LogP contribution in [-0.4, -0.2) is 22.6 Å². The van der Waals surface area contributed by atoms with E-state index >= 15 is 0 Å². The van der Waals surface area contributed by atoms with Crippen molar-refractivity contribution in [2.75, 3.05) is 18.0 Å². The maximum absolute atomic E-state index is 13.9. The van der Waals surface area contributed by atoms with E-state index in [2.05, 4.69) is 29.2 Å². The summed E-state index contributed by atoms with van der Waals surface area (Å²) in [6, 6.07) is 11.7. The molecule has 6 heteroatoms. The van der Waals surface area contributed by atoms with E-state index in [1.165, 1.54) is 21.8 Å². The van der Waals surface area contributed by atoms with E-state index < -0.39 is 0 Å². The summed E-state index contributed by atoms with van der Waals surface area (Å²) in [5.74, 6) is 0.920. The first-order valence-corrected chi connectivity index (χ1v) is 11.5. The minimum Gasteiger partial charge on any atom is -0.356 e. The normalized spacial score (nSPS) is 17.1. The van der Waals surface area contributed by atoms with Gasteiger partial charge in [0.25, 0.3) is 5.56 Å². The molecule has 0 atom stereocenters. The molecule has 0 amide bonds. The molecule has 3 aromatic rings. The lowest BCUT2D eigenvalue weighted by Gasteiger charge is -2.40. The van der Waals surface area contributed by atoms with E-state index in [1.54, 1.807) is 19.9 Å². The van der Waals surface area contributed by atoms with E-state index in [-0.39, 0.29) is 16.4 Å². The van der Waals surface area contributed by atoms with Crippen LogP contribution in [0.25, 0.3) is 5.69 Å². The van der Waals surface area contributed by atoms with Gasteiger partial charge in [0, 0.05) is 18.7 Å². The second kappa shape index (κ2) is 7.73. The first-order chi connectivity index (χ1) is 15.3. The van der Waals surface area contributed by atoms with Gasteiger partial charge < -0.3 is 4.90 Å². The molecule has 0 radical (unpaired) electrons. The molecule has 0 bridgehead atoms. The molecule has 2 heterocycles. The predicted molar refractivity (Wildman–Crippen MR) is 127 cm³/mol. The molecule has 2 aromatic carbocycles. The molecule has 0 saturated carbocycles. The highest BCUT2D eigenvalue weighted by molar-refractivity contribution is 6.33. The molecule has 4 nitrogen and oxygen atoms in total. The maximum atomic E-state index is 13.9. The molecule has 32 heavy (non-hydrogen) atoms. The Kier molecular flexibility index (Phi) is 5.12. The van der Waals surface area contributed by atoms with Gasteiger partial charge in [-0.1, -0.05) is 35.9 Å². The minimum atomic E-state index is -0.387. The highest BCUT2D eigenvalue weighted by Crippen LogP contribution is 2.45. The summed E-state index contributed by atoms with van der Waals surface area (Å²) in [7, 11) is 0. The van der Waals surface area contributed by atoms with Crippen LogP contribution < -0.4 is 10.5 Å². The largest absolute Gasteiger partial charge is 0.356 e. The summed E-state index contributed by atoms with van der Waals surface area (Å²) < 4.78 is 15.4. The lowest BCUT2D eigenvalue weighted by molar-refractivity contribution is 0.232. The lowest BCUT2D eigenvalue weighted by Crippen LogP contribution is -2.42. The van der Waals surface area contributed by atoms with Gasteiger partial charge in [-0.05, 0) is 75.1 Å². The fourth-order valence-electron chi connectivity index (χ4n) is 5.43. The number of nitrogens with zero attached hydrogens (tertiary/aromatic N) is 3. The van der Waals surface area contributed by atoms with Gasteiger partial charge in [0.2, 0.25) is 0 Å². The number of benzene rings is 2. The third-order valence-electron chi connectivity index (χ3n) is 7.36. The van der Waals surface area contributed by atoms with Gasteiger partial charge in [0.15, 0.2) is 0 Å². The zero-order valence-electron chi connectivity index (χ0n) is 18.7. The summed E-state index contributed by atoms with van der Waals surface area (Å²) in [4.78, 5) is 20.4. The first-order valence-electron chi connectivity index (χ1n) is 11.2. The van der Waals surface area contributed by atoms with Crippen molar-refractivity contribution in [2.24, 2.45) is 5.41 Å². The molecule has 5 rings (SSSR count). The molecule has 1 aliphatic heterocycles. The number of halogens is 2. The first kappa shape index (κ1) is 21.2. The van der Waals surface area contributed by atoms with E-state index in [9.17, 15) is 9.18 Å². The number of aromatic nitrogens is 2. The van der Waals surface area contributed by atoms with Crippen molar-refractivity contribution in [3.05, 3.63) is 85.7 Å². The Hall–Kier alpha value is -2.66. The van der Waals surface area contributed by atoms with E-state index in [0.29, 0.717) is 28.1 Å². The average molecular weight is 452 g/mol. The molecule has 0 unspecified atom stereocenters. The molecule has 166 valence electrons. The number of aryl methyl sites for hydroxylation is 1. The van der Waals surface area contributed by atoms with Crippen molar-refractivity contribution in [3.63, 3.8) is 0 Å². The number of anilines is 1.